The molecule has 8 nitrogen and oxygen atoms in total. The van der Waals surface area contributed by atoms with E-state index in [1.807, 2.05) is 20.8 Å². The SMILES string of the molecule is Cc1cnc(NC(=O)CN(CCC(C)C)C(=O)c2ccc([N+](=O)[O-])cc2Cl)s1. The van der Waals surface area contributed by atoms with Crippen molar-refractivity contribution in [2.75, 3.05) is 18.4 Å². The van der Waals surface area contributed by atoms with Gasteiger partial charge in [-0.2, -0.15) is 0 Å². The molecule has 10 heteroatoms. The largest absolute Gasteiger partial charge is 0.329 e. The number of hydrogen-bond donors (Lipinski definition) is 1. The predicted molar refractivity (Wildman–Crippen MR) is 109 cm³/mol. The number of amides is 2. The molecule has 0 spiro atoms. The van der Waals surface area contributed by atoms with Crippen molar-refractivity contribution in [1.29, 1.82) is 0 Å². The summed E-state index contributed by atoms with van der Waals surface area (Å²) in [7, 11) is 0. The van der Waals surface area contributed by atoms with Crippen LogP contribution in [0, 0.1) is 23.0 Å². The van der Waals surface area contributed by atoms with Gasteiger partial charge in [0.2, 0.25) is 5.91 Å². The lowest BCUT2D eigenvalue weighted by atomic mass is 10.1. The fourth-order valence-electron chi connectivity index (χ4n) is 2.37. The minimum Gasteiger partial charge on any atom is -0.329 e. The molecule has 0 aliphatic rings. The number of non-ortho nitro benzene ring substituents is 1. The molecule has 1 heterocycles. The van der Waals surface area contributed by atoms with Crippen LogP contribution in [0.1, 0.15) is 35.5 Å². The van der Waals surface area contributed by atoms with Gasteiger partial charge < -0.3 is 10.2 Å². The van der Waals surface area contributed by atoms with E-state index >= 15 is 0 Å². The van der Waals surface area contributed by atoms with E-state index in [4.69, 9.17) is 11.6 Å². The lowest BCUT2D eigenvalue weighted by Crippen LogP contribution is -2.39. The Bertz CT molecular complexity index is 884. The highest BCUT2D eigenvalue weighted by atomic mass is 35.5. The topological polar surface area (TPSA) is 105 Å². The maximum absolute atomic E-state index is 12.9. The molecule has 0 aliphatic carbocycles. The molecular weight excluding hydrogens is 404 g/mol. The molecule has 2 aromatic rings. The summed E-state index contributed by atoms with van der Waals surface area (Å²) in [6, 6.07) is 3.67. The molecule has 1 aromatic heterocycles. The van der Waals surface area contributed by atoms with Gasteiger partial charge in [0, 0.05) is 29.8 Å². The average Bonchev–Trinajstić information content (AvgIpc) is 3.02. The first kappa shape index (κ1) is 21.8. The number of nitrogens with zero attached hydrogens (tertiary/aromatic N) is 3. The molecule has 0 saturated heterocycles. The molecule has 0 fully saturated rings. The maximum Gasteiger partial charge on any atom is 0.270 e. The number of anilines is 1. The van der Waals surface area contributed by atoms with Crippen LogP contribution in [-0.4, -0.2) is 39.7 Å². The first-order valence-electron chi connectivity index (χ1n) is 8.63. The Labute approximate surface area is 171 Å². The number of thiazole rings is 1. The molecule has 2 rings (SSSR count). The van der Waals surface area contributed by atoms with Gasteiger partial charge in [-0.05, 0) is 25.3 Å². The van der Waals surface area contributed by atoms with E-state index in [0.29, 0.717) is 24.0 Å². The zero-order valence-corrected chi connectivity index (χ0v) is 17.3. The normalized spacial score (nSPS) is 10.8. The number of aromatic nitrogens is 1. The van der Waals surface area contributed by atoms with Gasteiger partial charge in [-0.15, -0.1) is 11.3 Å². The highest BCUT2D eigenvalue weighted by Gasteiger charge is 2.23. The third-order valence-corrected chi connectivity index (χ3v) is 5.00. The van der Waals surface area contributed by atoms with Crippen LogP contribution in [0.25, 0.3) is 0 Å². The van der Waals surface area contributed by atoms with Crippen LogP contribution in [0.2, 0.25) is 5.02 Å². The van der Waals surface area contributed by atoms with Gasteiger partial charge in [-0.3, -0.25) is 19.7 Å². The Kier molecular flexibility index (Phi) is 7.47. The van der Waals surface area contributed by atoms with Gasteiger partial charge in [0.05, 0.1) is 15.5 Å². The van der Waals surface area contributed by atoms with E-state index in [1.54, 1.807) is 6.20 Å². The second-order valence-corrected chi connectivity index (χ2v) is 8.30. The van der Waals surface area contributed by atoms with E-state index in [0.717, 1.165) is 10.9 Å². The minimum atomic E-state index is -0.583. The monoisotopic (exact) mass is 424 g/mol. The number of halogens is 1. The van der Waals surface area contributed by atoms with Crippen LogP contribution >= 0.6 is 22.9 Å². The van der Waals surface area contributed by atoms with Crippen LogP contribution in [0.5, 0.6) is 0 Å². The van der Waals surface area contributed by atoms with Crippen LogP contribution in [0.15, 0.2) is 24.4 Å². The number of hydrogen-bond acceptors (Lipinski definition) is 6. The second-order valence-electron chi connectivity index (χ2n) is 6.65. The Hall–Kier alpha value is -2.52. The first-order chi connectivity index (χ1) is 13.2. The van der Waals surface area contributed by atoms with Crippen molar-refractivity contribution in [2.24, 2.45) is 5.92 Å². The van der Waals surface area contributed by atoms with Gasteiger partial charge >= 0.3 is 0 Å². The summed E-state index contributed by atoms with van der Waals surface area (Å²) in [5.74, 6) is -0.497. The number of aryl methyl sites for hydroxylation is 1. The van der Waals surface area contributed by atoms with Crippen molar-refractivity contribution < 1.29 is 14.5 Å². The van der Waals surface area contributed by atoms with Crippen LogP contribution in [-0.2, 0) is 4.79 Å². The molecule has 150 valence electrons. The molecule has 0 atom stereocenters. The van der Waals surface area contributed by atoms with Crippen molar-refractivity contribution >= 4 is 45.6 Å². The fraction of sp³-hybridized carbons (Fsp3) is 0.389. The van der Waals surface area contributed by atoms with Crippen molar-refractivity contribution in [3.63, 3.8) is 0 Å². The molecular formula is C18H21ClN4O4S. The molecule has 1 aromatic carbocycles. The van der Waals surface area contributed by atoms with E-state index < -0.39 is 10.8 Å². The Morgan fingerprint density at radius 3 is 2.64 bits per heavy atom. The van der Waals surface area contributed by atoms with Crippen molar-refractivity contribution in [3.8, 4) is 0 Å². The minimum absolute atomic E-state index is 0.0234. The number of carbonyl (C=O) groups is 2. The molecule has 0 bridgehead atoms. The van der Waals surface area contributed by atoms with E-state index in [9.17, 15) is 19.7 Å². The maximum atomic E-state index is 12.9. The first-order valence-corrected chi connectivity index (χ1v) is 9.82. The smallest absolute Gasteiger partial charge is 0.270 e. The second kappa shape index (κ2) is 9.61. The molecule has 0 saturated carbocycles. The standard InChI is InChI=1S/C18H21ClN4O4S/c1-11(2)6-7-22(10-16(24)21-18-20-9-12(3)28-18)17(25)14-5-4-13(23(26)27)8-15(14)19/h4-5,8-9,11H,6-7,10H2,1-3H3,(H,20,21,24). The van der Waals surface area contributed by atoms with E-state index in [-0.39, 0.29) is 28.7 Å². The molecule has 0 radical (unpaired) electrons. The summed E-state index contributed by atoms with van der Waals surface area (Å²) >= 11 is 7.42. The van der Waals surface area contributed by atoms with E-state index in [2.05, 4.69) is 10.3 Å². The van der Waals surface area contributed by atoms with Crippen LogP contribution in [0.4, 0.5) is 10.8 Å². The number of carbonyl (C=O) groups excluding carboxylic acids is 2. The zero-order valence-electron chi connectivity index (χ0n) is 15.8. The number of nitro benzene ring substituents is 1. The molecule has 0 aliphatic heterocycles. The van der Waals surface area contributed by atoms with Gasteiger partial charge in [-0.1, -0.05) is 25.4 Å². The van der Waals surface area contributed by atoms with Crippen LogP contribution in [0.3, 0.4) is 0 Å². The highest BCUT2D eigenvalue weighted by Crippen LogP contribution is 2.24. The molecule has 2 amide bonds. The van der Waals surface area contributed by atoms with Gasteiger partial charge in [0.15, 0.2) is 5.13 Å². The summed E-state index contributed by atoms with van der Waals surface area (Å²) in [6.45, 7) is 6.09. The average molecular weight is 425 g/mol. The van der Waals surface area contributed by atoms with Gasteiger partial charge in [0.25, 0.3) is 11.6 Å². The number of nitro groups is 1. The lowest BCUT2D eigenvalue weighted by molar-refractivity contribution is -0.384. The fourth-order valence-corrected chi connectivity index (χ4v) is 3.31. The van der Waals surface area contributed by atoms with Gasteiger partial charge in [0.1, 0.15) is 6.54 Å². The summed E-state index contributed by atoms with van der Waals surface area (Å²) in [4.78, 5) is 42.0. The Morgan fingerprint density at radius 2 is 2.11 bits per heavy atom. The molecule has 1 N–H and O–H groups in total. The Morgan fingerprint density at radius 1 is 1.39 bits per heavy atom. The Balaban J connectivity index is 2.17. The lowest BCUT2D eigenvalue weighted by Gasteiger charge is -2.23. The van der Waals surface area contributed by atoms with Crippen LogP contribution < -0.4 is 5.32 Å². The number of rotatable bonds is 8. The third kappa shape index (κ3) is 6.00. The quantitative estimate of drug-likeness (QED) is 0.506. The third-order valence-electron chi connectivity index (χ3n) is 3.86. The summed E-state index contributed by atoms with van der Waals surface area (Å²) < 4.78 is 0. The molecule has 28 heavy (non-hydrogen) atoms. The highest BCUT2D eigenvalue weighted by molar-refractivity contribution is 7.15. The van der Waals surface area contributed by atoms with Crippen molar-refractivity contribution in [3.05, 3.63) is 50.0 Å². The summed E-state index contributed by atoms with van der Waals surface area (Å²) in [5.41, 5.74) is -0.0823. The van der Waals surface area contributed by atoms with Gasteiger partial charge in [-0.25, -0.2) is 4.98 Å². The number of nitrogens with one attached hydrogen (secondary N) is 1. The summed E-state index contributed by atoms with van der Waals surface area (Å²) in [6.07, 6.45) is 2.35. The molecule has 0 unspecified atom stereocenters. The van der Waals surface area contributed by atoms with Crippen molar-refractivity contribution in [1.82, 2.24) is 9.88 Å². The zero-order chi connectivity index (χ0) is 20.8. The van der Waals surface area contributed by atoms with Crippen molar-refractivity contribution in [2.45, 2.75) is 27.2 Å². The number of benzene rings is 1. The van der Waals surface area contributed by atoms with E-state index in [1.165, 1.54) is 28.4 Å². The predicted octanol–water partition coefficient (Wildman–Crippen LogP) is 4.14. The summed E-state index contributed by atoms with van der Waals surface area (Å²) in [5, 5.41) is 14.0.